The van der Waals surface area contributed by atoms with Crippen LogP contribution in [-0.4, -0.2) is 68.5 Å². The first-order chi connectivity index (χ1) is 16.0. The lowest BCUT2D eigenvalue weighted by molar-refractivity contribution is -0.148. The molecule has 1 aromatic rings. The van der Waals surface area contributed by atoms with Crippen LogP contribution < -0.4 is 5.73 Å². The van der Waals surface area contributed by atoms with Crippen LogP contribution in [0.1, 0.15) is 27.9 Å². The standard InChI is InChI=1S/C24H23N3O7/c1-27(2)18-13-9-11-8-12-10(4-3-7-25)5-6-14(28)16(12)19(29)15(11)21(31)24(13,34)22(32)17(20(18)30)23(26)33/h3-6,11,13,18,28,30-31,34H,8-9H2,1-2H3,(H2,26,33)/b4-3+/t11-,13-,18+,24-/m0/s1. The Balaban J connectivity index is 1.97. The monoisotopic (exact) mass is 465 g/mol. The first-order valence-corrected chi connectivity index (χ1v) is 10.5. The van der Waals surface area contributed by atoms with Gasteiger partial charge in [-0.3, -0.25) is 19.3 Å². The van der Waals surface area contributed by atoms with E-state index in [1.807, 2.05) is 6.07 Å². The molecule has 34 heavy (non-hydrogen) atoms. The minimum atomic E-state index is -2.67. The molecule has 4 atom stereocenters. The highest BCUT2D eigenvalue weighted by Gasteiger charge is 2.63. The van der Waals surface area contributed by atoms with E-state index in [9.17, 15) is 34.8 Å². The molecular formula is C24H23N3O7. The number of benzene rings is 1. The molecule has 0 fully saturated rings. The molecule has 3 aliphatic carbocycles. The molecule has 0 aromatic heterocycles. The number of Topliss-reactive ketones (excluding diaryl/α,β-unsaturated/α-hetero) is 2. The summed E-state index contributed by atoms with van der Waals surface area (Å²) in [5, 5.41) is 52.8. The number of carbonyl (C=O) groups is 3. The number of phenolic OH excluding ortho intramolecular Hbond substituents is 1. The molecule has 0 spiro atoms. The normalized spacial score (nSPS) is 28.6. The molecule has 0 unspecified atom stereocenters. The van der Waals surface area contributed by atoms with E-state index in [2.05, 4.69) is 0 Å². The Bertz CT molecular complexity index is 1280. The number of aliphatic hydroxyl groups is 3. The third kappa shape index (κ3) is 2.98. The molecule has 6 N–H and O–H groups in total. The lowest BCUT2D eigenvalue weighted by Crippen LogP contribution is -2.63. The number of amides is 1. The Morgan fingerprint density at radius 1 is 1.26 bits per heavy atom. The van der Waals surface area contributed by atoms with Gasteiger partial charge in [-0.25, -0.2) is 0 Å². The Morgan fingerprint density at radius 2 is 1.94 bits per heavy atom. The predicted octanol–water partition coefficient (Wildman–Crippen LogP) is 0.657. The molecule has 10 heteroatoms. The van der Waals surface area contributed by atoms with Gasteiger partial charge in [0, 0.05) is 17.6 Å². The topological polar surface area (TPSA) is 185 Å². The second kappa shape index (κ2) is 7.83. The Kier molecular flexibility index (Phi) is 5.35. The summed E-state index contributed by atoms with van der Waals surface area (Å²) in [6.45, 7) is 0. The van der Waals surface area contributed by atoms with Crippen molar-refractivity contribution in [2.45, 2.75) is 24.5 Å². The Labute approximate surface area is 194 Å². The highest BCUT2D eigenvalue weighted by Crippen LogP contribution is 2.52. The SMILES string of the molecule is CN(C)[C@H]1C(O)=C(C(N)=O)C(=O)[C@@]2(O)C(O)=C3C(=O)c4c(O)ccc(/C=C/C#N)c4C[C@H]3C[C@@H]12. The number of allylic oxidation sites excluding steroid dienone is 2. The van der Waals surface area contributed by atoms with Crippen molar-refractivity contribution in [3.8, 4) is 11.8 Å². The maximum atomic E-state index is 13.5. The van der Waals surface area contributed by atoms with Crippen molar-refractivity contribution in [3.63, 3.8) is 0 Å². The van der Waals surface area contributed by atoms with Crippen molar-refractivity contribution >= 4 is 23.5 Å². The number of carbonyl (C=O) groups excluding carboxylic acids is 3. The molecule has 176 valence electrons. The summed E-state index contributed by atoms with van der Waals surface area (Å²) in [4.78, 5) is 40.1. The van der Waals surface area contributed by atoms with Gasteiger partial charge in [-0.2, -0.15) is 5.26 Å². The zero-order chi connectivity index (χ0) is 25.1. The van der Waals surface area contributed by atoms with E-state index in [1.54, 1.807) is 20.2 Å². The molecule has 3 aliphatic rings. The summed E-state index contributed by atoms with van der Waals surface area (Å²) in [7, 11) is 3.13. The fraction of sp³-hybridized carbons (Fsp3) is 0.333. The summed E-state index contributed by atoms with van der Waals surface area (Å²) in [5.74, 6) is -6.95. The lowest BCUT2D eigenvalue weighted by atomic mass is 9.58. The molecule has 1 aromatic carbocycles. The van der Waals surface area contributed by atoms with Gasteiger partial charge >= 0.3 is 0 Å². The molecule has 0 saturated heterocycles. The number of likely N-dealkylation sites (N-methyl/N-ethyl adjacent to an activating group) is 1. The minimum absolute atomic E-state index is 0.00280. The first-order valence-electron chi connectivity index (χ1n) is 10.5. The van der Waals surface area contributed by atoms with Gasteiger partial charge in [-0.1, -0.05) is 6.07 Å². The largest absolute Gasteiger partial charge is 0.510 e. The summed E-state index contributed by atoms with van der Waals surface area (Å²) in [6.07, 6.45) is 2.90. The molecule has 0 aliphatic heterocycles. The third-order valence-corrected chi connectivity index (χ3v) is 6.98. The van der Waals surface area contributed by atoms with E-state index < -0.39 is 58.0 Å². The molecular weight excluding hydrogens is 442 g/mol. The summed E-state index contributed by atoms with van der Waals surface area (Å²) >= 11 is 0. The molecule has 0 saturated carbocycles. The fourth-order valence-electron chi connectivity index (χ4n) is 5.56. The van der Waals surface area contributed by atoms with E-state index in [0.717, 1.165) is 0 Å². The second-order valence-electron chi connectivity index (χ2n) is 8.95. The second-order valence-corrected chi connectivity index (χ2v) is 8.95. The molecule has 1 amide bonds. The van der Waals surface area contributed by atoms with E-state index in [1.165, 1.54) is 23.1 Å². The number of phenols is 1. The van der Waals surface area contributed by atoms with Gasteiger partial charge in [0.15, 0.2) is 11.4 Å². The number of primary amides is 1. The van der Waals surface area contributed by atoms with Crippen LogP contribution in [0.2, 0.25) is 0 Å². The van der Waals surface area contributed by atoms with Crippen LogP contribution in [-0.2, 0) is 16.0 Å². The summed E-state index contributed by atoms with van der Waals surface area (Å²) < 4.78 is 0. The zero-order valence-electron chi connectivity index (χ0n) is 18.4. The average Bonchev–Trinajstić information content (AvgIpc) is 2.75. The molecule has 0 radical (unpaired) electrons. The number of ketones is 2. The maximum Gasteiger partial charge on any atom is 0.255 e. The number of aliphatic hydroxyl groups excluding tert-OH is 2. The number of fused-ring (bicyclic) bond motifs is 3. The predicted molar refractivity (Wildman–Crippen MR) is 118 cm³/mol. The number of hydrogen-bond acceptors (Lipinski definition) is 9. The van der Waals surface area contributed by atoms with Gasteiger partial charge in [0.05, 0.1) is 17.7 Å². The molecule has 0 heterocycles. The fourth-order valence-corrected chi connectivity index (χ4v) is 5.56. The Morgan fingerprint density at radius 3 is 2.53 bits per heavy atom. The lowest BCUT2D eigenvalue weighted by Gasteiger charge is -2.50. The Hall–Kier alpha value is -3.94. The molecule has 0 bridgehead atoms. The van der Waals surface area contributed by atoms with E-state index in [0.29, 0.717) is 11.1 Å². The van der Waals surface area contributed by atoms with Crippen LogP contribution in [0, 0.1) is 23.2 Å². The van der Waals surface area contributed by atoms with Gasteiger partial charge in [-0.15, -0.1) is 0 Å². The number of nitrogens with zero attached hydrogens (tertiary/aromatic N) is 2. The van der Waals surface area contributed by atoms with Crippen molar-refractivity contribution in [2.24, 2.45) is 17.6 Å². The number of nitrogens with two attached hydrogens (primary N) is 1. The zero-order valence-corrected chi connectivity index (χ0v) is 18.4. The highest BCUT2D eigenvalue weighted by atomic mass is 16.3. The van der Waals surface area contributed by atoms with Crippen LogP contribution in [0.5, 0.6) is 5.75 Å². The van der Waals surface area contributed by atoms with Crippen LogP contribution in [0.4, 0.5) is 0 Å². The van der Waals surface area contributed by atoms with E-state index in [4.69, 9.17) is 11.0 Å². The van der Waals surface area contributed by atoms with Crippen molar-refractivity contribution in [1.82, 2.24) is 4.90 Å². The van der Waals surface area contributed by atoms with Crippen LogP contribution in [0.15, 0.2) is 40.9 Å². The maximum absolute atomic E-state index is 13.5. The van der Waals surface area contributed by atoms with Crippen molar-refractivity contribution < 1.29 is 34.8 Å². The minimum Gasteiger partial charge on any atom is -0.510 e. The summed E-state index contributed by atoms with van der Waals surface area (Å²) in [5.41, 5.74) is 2.46. The van der Waals surface area contributed by atoms with Gasteiger partial charge in [0.25, 0.3) is 5.91 Å². The van der Waals surface area contributed by atoms with Crippen molar-refractivity contribution in [2.75, 3.05) is 14.1 Å². The number of nitriles is 1. The number of hydrogen-bond donors (Lipinski definition) is 5. The van der Waals surface area contributed by atoms with Gasteiger partial charge in [0.2, 0.25) is 5.78 Å². The number of rotatable bonds is 3. The van der Waals surface area contributed by atoms with Gasteiger partial charge in [0.1, 0.15) is 22.8 Å². The van der Waals surface area contributed by atoms with Crippen molar-refractivity contribution in [1.29, 1.82) is 5.26 Å². The smallest absolute Gasteiger partial charge is 0.255 e. The third-order valence-electron chi connectivity index (χ3n) is 6.98. The van der Waals surface area contributed by atoms with Crippen LogP contribution >= 0.6 is 0 Å². The van der Waals surface area contributed by atoms with E-state index in [-0.39, 0.29) is 29.7 Å². The summed E-state index contributed by atoms with van der Waals surface area (Å²) in [6, 6.07) is 3.67. The number of aromatic hydroxyl groups is 1. The first kappa shape index (κ1) is 23.2. The van der Waals surface area contributed by atoms with Gasteiger partial charge < -0.3 is 26.2 Å². The quantitative estimate of drug-likeness (QED) is 0.316. The van der Waals surface area contributed by atoms with Crippen molar-refractivity contribution in [3.05, 3.63) is 57.6 Å². The van der Waals surface area contributed by atoms with Crippen LogP contribution in [0.25, 0.3) is 6.08 Å². The van der Waals surface area contributed by atoms with Crippen LogP contribution in [0.3, 0.4) is 0 Å². The van der Waals surface area contributed by atoms with E-state index >= 15 is 0 Å². The average molecular weight is 465 g/mol. The molecule has 4 rings (SSSR count). The van der Waals surface area contributed by atoms with Gasteiger partial charge in [-0.05, 0) is 56.1 Å². The highest BCUT2D eigenvalue weighted by molar-refractivity contribution is 6.24. The molecule has 10 nitrogen and oxygen atoms in total.